The van der Waals surface area contributed by atoms with Gasteiger partial charge in [-0.05, 0) is 77.2 Å². The molecule has 4 nitrogen and oxygen atoms in total. The van der Waals surface area contributed by atoms with Gasteiger partial charge >= 0.3 is 0 Å². The van der Waals surface area contributed by atoms with Crippen LogP contribution in [-0.2, 0) is 0 Å². The Balaban J connectivity index is 1.29. The van der Waals surface area contributed by atoms with Crippen LogP contribution in [0.5, 0.6) is 23.0 Å². The van der Waals surface area contributed by atoms with Gasteiger partial charge in [0.05, 0.1) is 27.8 Å². The van der Waals surface area contributed by atoms with Crippen LogP contribution in [0.15, 0.2) is 133 Å². The minimum atomic E-state index is 0.717. The van der Waals surface area contributed by atoms with Gasteiger partial charge in [0.1, 0.15) is 0 Å². The Labute approximate surface area is 251 Å². The normalized spacial score (nSPS) is 12.9. The van der Waals surface area contributed by atoms with Gasteiger partial charge in [0.25, 0.3) is 0 Å². The zero-order chi connectivity index (χ0) is 28.5. The molecular weight excluding hydrogens is 540 g/mol. The first-order chi connectivity index (χ1) is 21.8. The van der Waals surface area contributed by atoms with E-state index in [1.807, 2.05) is 30.3 Å². The van der Waals surface area contributed by atoms with E-state index in [1.54, 1.807) is 0 Å². The van der Waals surface area contributed by atoms with Crippen molar-refractivity contribution in [2.45, 2.75) is 0 Å². The van der Waals surface area contributed by atoms with E-state index in [2.05, 4.69) is 112 Å². The van der Waals surface area contributed by atoms with Crippen molar-refractivity contribution in [3.05, 3.63) is 133 Å². The van der Waals surface area contributed by atoms with E-state index in [0.717, 1.165) is 28.7 Å². The molecule has 4 heteroatoms. The van der Waals surface area contributed by atoms with Crippen molar-refractivity contribution in [2.24, 2.45) is 0 Å². The van der Waals surface area contributed by atoms with Crippen molar-refractivity contribution >= 4 is 54.4 Å². The van der Waals surface area contributed by atoms with Gasteiger partial charge in [0.2, 0.25) is 0 Å². The summed E-state index contributed by atoms with van der Waals surface area (Å²) >= 11 is 0. The van der Waals surface area contributed by atoms with Crippen molar-refractivity contribution in [1.29, 1.82) is 0 Å². The van der Waals surface area contributed by atoms with Crippen LogP contribution in [-0.4, -0.2) is 9.13 Å². The second kappa shape index (κ2) is 7.88. The number of rotatable bonds is 2. The topological polar surface area (TPSA) is 28.3 Å². The fourth-order valence-electron chi connectivity index (χ4n) is 7.75. The average Bonchev–Trinajstić information content (AvgIpc) is 3.56. The molecule has 1 aliphatic heterocycles. The van der Waals surface area contributed by atoms with Crippen LogP contribution in [0, 0.1) is 0 Å². The van der Waals surface area contributed by atoms with Crippen LogP contribution in [0.2, 0.25) is 0 Å². The summed E-state index contributed by atoms with van der Waals surface area (Å²) in [5.74, 6) is 2.91. The lowest BCUT2D eigenvalue weighted by Gasteiger charge is -2.21. The summed E-state index contributed by atoms with van der Waals surface area (Å²) in [5, 5.41) is 7.78. The van der Waals surface area contributed by atoms with E-state index in [0.29, 0.717) is 0 Å². The highest BCUT2D eigenvalue weighted by molar-refractivity contribution is 6.38. The molecule has 3 heterocycles. The minimum absolute atomic E-state index is 0.717. The molecule has 2 aromatic heterocycles. The van der Waals surface area contributed by atoms with Crippen molar-refractivity contribution in [3.63, 3.8) is 0 Å². The molecule has 0 atom stereocenters. The molecule has 0 saturated carbocycles. The maximum atomic E-state index is 6.34. The summed E-state index contributed by atoms with van der Waals surface area (Å²) in [6.07, 6.45) is 0. The first kappa shape index (κ1) is 22.6. The molecule has 0 unspecified atom stereocenters. The average molecular weight is 563 g/mol. The summed E-state index contributed by atoms with van der Waals surface area (Å²) in [6.45, 7) is 0. The van der Waals surface area contributed by atoms with Gasteiger partial charge in [-0.25, -0.2) is 0 Å². The third-order valence-electron chi connectivity index (χ3n) is 9.47. The van der Waals surface area contributed by atoms with Crippen LogP contribution in [0.1, 0.15) is 0 Å². The Morgan fingerprint density at radius 3 is 1.55 bits per heavy atom. The molecule has 0 bridgehead atoms. The van der Waals surface area contributed by atoms with Gasteiger partial charge in [-0.1, -0.05) is 66.7 Å². The van der Waals surface area contributed by atoms with E-state index in [-0.39, 0.29) is 0 Å². The van der Waals surface area contributed by atoms with Gasteiger partial charge in [-0.2, -0.15) is 0 Å². The van der Waals surface area contributed by atoms with Gasteiger partial charge in [-0.3, -0.25) is 0 Å². The predicted molar refractivity (Wildman–Crippen MR) is 178 cm³/mol. The smallest absolute Gasteiger partial charge is 0.172 e. The highest BCUT2D eigenvalue weighted by Crippen LogP contribution is 2.52. The van der Waals surface area contributed by atoms with Crippen molar-refractivity contribution in [3.8, 4) is 45.5 Å². The van der Waals surface area contributed by atoms with E-state index >= 15 is 0 Å². The molecule has 0 N–H and O–H groups in total. The number of nitrogens with zero attached hydrogens (tertiary/aromatic N) is 2. The number of ether oxygens (including phenoxy) is 2. The van der Waals surface area contributed by atoms with Crippen LogP contribution >= 0.6 is 0 Å². The first-order valence-corrected chi connectivity index (χ1v) is 14.9. The highest BCUT2D eigenvalue weighted by atomic mass is 16.6. The van der Waals surface area contributed by atoms with Crippen molar-refractivity contribution in [1.82, 2.24) is 9.13 Å². The molecule has 0 fully saturated rings. The van der Waals surface area contributed by atoms with Gasteiger partial charge < -0.3 is 18.6 Å². The molecule has 0 amide bonds. The third-order valence-corrected chi connectivity index (χ3v) is 9.47. The number of para-hydroxylation sites is 3. The van der Waals surface area contributed by atoms with E-state index in [9.17, 15) is 0 Å². The summed E-state index contributed by atoms with van der Waals surface area (Å²) < 4.78 is 17.3. The maximum absolute atomic E-state index is 6.34. The zero-order valence-corrected chi connectivity index (χ0v) is 23.4. The molecule has 1 aliphatic carbocycles. The lowest BCUT2D eigenvalue weighted by molar-refractivity contribution is 0.359. The molecule has 0 radical (unpaired) electrons. The second-order valence-corrected chi connectivity index (χ2v) is 11.7. The molecule has 7 aromatic carbocycles. The fourth-order valence-corrected chi connectivity index (χ4v) is 7.75. The Hall–Kier alpha value is -6.00. The lowest BCUT2D eigenvalue weighted by atomic mass is 9.98. The van der Waals surface area contributed by atoms with Gasteiger partial charge in [0, 0.05) is 38.7 Å². The number of fused-ring (bicyclic) bond motifs is 3. The zero-order valence-electron chi connectivity index (χ0n) is 23.4. The summed E-state index contributed by atoms with van der Waals surface area (Å²) in [4.78, 5) is 0. The maximum Gasteiger partial charge on any atom is 0.172 e. The van der Waals surface area contributed by atoms with Crippen LogP contribution in [0.25, 0.3) is 76.9 Å². The van der Waals surface area contributed by atoms with Crippen molar-refractivity contribution < 1.29 is 9.47 Å². The minimum Gasteiger partial charge on any atom is -0.450 e. The lowest BCUT2D eigenvalue weighted by Crippen LogP contribution is -2.01. The highest BCUT2D eigenvalue weighted by Gasteiger charge is 2.27. The summed E-state index contributed by atoms with van der Waals surface area (Å²) in [7, 11) is 0. The van der Waals surface area contributed by atoms with Crippen molar-refractivity contribution in [2.75, 3.05) is 0 Å². The van der Waals surface area contributed by atoms with Crippen LogP contribution < -0.4 is 9.47 Å². The molecule has 0 spiro atoms. The molecule has 9 aromatic rings. The van der Waals surface area contributed by atoms with Gasteiger partial charge in [-0.15, -0.1) is 0 Å². The largest absolute Gasteiger partial charge is 0.450 e. The van der Waals surface area contributed by atoms with E-state index < -0.39 is 0 Å². The molecule has 2 aliphatic rings. The summed E-state index contributed by atoms with van der Waals surface area (Å²) in [5.41, 5.74) is 9.56. The number of benzene rings is 7. The Kier molecular flexibility index (Phi) is 4.04. The van der Waals surface area contributed by atoms with Crippen LogP contribution in [0.4, 0.5) is 0 Å². The van der Waals surface area contributed by atoms with Gasteiger partial charge in [0.15, 0.2) is 23.0 Å². The molecule has 0 saturated heterocycles. The Bertz CT molecular complexity index is 2710. The fraction of sp³-hybridized carbons (Fsp3) is 0. The predicted octanol–water partition coefficient (Wildman–Crippen LogP) is 10.9. The van der Waals surface area contributed by atoms with Crippen LogP contribution in [0.3, 0.4) is 0 Å². The number of aromatic nitrogens is 2. The van der Waals surface area contributed by atoms with E-state index in [1.165, 1.54) is 71.2 Å². The SMILES string of the molecule is c1ccc(-n2c3cccc4c3c3c5c(ccc32)ccc2c5c3c-4cccc3n2-c2ccc3c(c2)Oc2ccccc2O3)cc1. The first-order valence-electron chi connectivity index (χ1n) is 14.9. The second-order valence-electron chi connectivity index (χ2n) is 11.7. The number of hydrogen-bond donors (Lipinski definition) is 0. The molecule has 204 valence electrons. The molecule has 11 rings (SSSR count). The standard InChI is InChI=1S/C40H22N2O2/c1-2-8-24(9-3-1)41-28-12-6-10-26-27-11-7-13-29-38(27)40-31(20-17-23-16-19-30(41)39(36(23)40)37(26)28)42(29)25-18-21-34-35(22-25)44-33-15-5-4-14-32(33)43-34/h1-22H. The monoisotopic (exact) mass is 562 g/mol. The Morgan fingerprint density at radius 1 is 0.341 bits per heavy atom. The van der Waals surface area contributed by atoms with E-state index in [4.69, 9.17) is 9.47 Å². The quantitative estimate of drug-likeness (QED) is 0.210. The molecular formula is C40H22N2O2. The number of hydrogen-bond acceptors (Lipinski definition) is 2. The Morgan fingerprint density at radius 2 is 0.886 bits per heavy atom. The third kappa shape index (κ3) is 2.69. The summed E-state index contributed by atoms with van der Waals surface area (Å²) in [6, 6.07) is 47.4. The molecule has 44 heavy (non-hydrogen) atoms.